The van der Waals surface area contributed by atoms with Crippen molar-refractivity contribution in [2.75, 3.05) is 26.4 Å². The second kappa shape index (κ2) is 6.21. The average molecular weight is 230 g/mol. The first-order valence-electron chi connectivity index (χ1n) is 5.96. The predicted molar refractivity (Wildman–Crippen MR) is 60.4 cm³/mol. The topological polar surface area (TPSA) is 55.8 Å². The third kappa shape index (κ3) is 3.76. The lowest BCUT2D eigenvalue weighted by atomic mass is 9.77. The monoisotopic (exact) mass is 230 g/mol. The van der Waals surface area contributed by atoms with Gasteiger partial charge in [0.15, 0.2) is 0 Å². The van der Waals surface area contributed by atoms with Crippen LogP contribution in [-0.4, -0.2) is 37.5 Å². The largest absolute Gasteiger partial charge is 0.481 e. The van der Waals surface area contributed by atoms with Crippen LogP contribution in [0.2, 0.25) is 0 Å². The maximum atomic E-state index is 11.3. The van der Waals surface area contributed by atoms with Crippen LogP contribution in [0.1, 0.15) is 33.1 Å². The van der Waals surface area contributed by atoms with Gasteiger partial charge in [-0.15, -0.1) is 0 Å². The number of hydrogen-bond donors (Lipinski definition) is 1. The molecule has 0 aromatic rings. The lowest BCUT2D eigenvalue weighted by Gasteiger charge is -2.33. The molecule has 0 aliphatic carbocycles. The third-order valence-electron chi connectivity index (χ3n) is 3.08. The van der Waals surface area contributed by atoms with Gasteiger partial charge in [-0.1, -0.05) is 13.8 Å². The number of rotatable bonds is 6. The number of hydrogen-bond acceptors (Lipinski definition) is 3. The Labute approximate surface area is 96.9 Å². The first-order valence-corrected chi connectivity index (χ1v) is 5.96. The summed E-state index contributed by atoms with van der Waals surface area (Å²) < 4.78 is 10.7. The van der Waals surface area contributed by atoms with E-state index < -0.39 is 11.4 Å². The van der Waals surface area contributed by atoms with Gasteiger partial charge < -0.3 is 14.6 Å². The van der Waals surface area contributed by atoms with Crippen molar-refractivity contribution in [1.29, 1.82) is 0 Å². The second-order valence-electron chi connectivity index (χ2n) is 4.92. The summed E-state index contributed by atoms with van der Waals surface area (Å²) in [7, 11) is 0. The molecule has 1 aliphatic rings. The van der Waals surface area contributed by atoms with Gasteiger partial charge in [0.05, 0.1) is 5.41 Å². The first kappa shape index (κ1) is 13.5. The minimum Gasteiger partial charge on any atom is -0.481 e. The highest BCUT2D eigenvalue weighted by Gasteiger charge is 2.39. The van der Waals surface area contributed by atoms with Crippen LogP contribution in [-0.2, 0) is 14.3 Å². The Morgan fingerprint density at radius 1 is 1.44 bits per heavy atom. The van der Waals surface area contributed by atoms with Gasteiger partial charge in [0.1, 0.15) is 0 Å². The van der Waals surface area contributed by atoms with E-state index in [4.69, 9.17) is 9.47 Å². The van der Waals surface area contributed by atoms with E-state index in [1.807, 2.05) is 0 Å². The molecule has 1 heterocycles. The Hall–Kier alpha value is -0.610. The van der Waals surface area contributed by atoms with Crippen LogP contribution in [0, 0.1) is 11.3 Å². The van der Waals surface area contributed by atoms with Gasteiger partial charge in [0, 0.05) is 26.4 Å². The summed E-state index contributed by atoms with van der Waals surface area (Å²) in [5.74, 6) is -0.209. The van der Waals surface area contributed by atoms with Gasteiger partial charge >= 0.3 is 5.97 Å². The molecule has 94 valence electrons. The van der Waals surface area contributed by atoms with Crippen LogP contribution in [0.3, 0.4) is 0 Å². The maximum absolute atomic E-state index is 11.3. The van der Waals surface area contributed by atoms with Gasteiger partial charge in [0.2, 0.25) is 0 Å². The zero-order valence-electron chi connectivity index (χ0n) is 10.2. The Morgan fingerprint density at radius 2 is 2.06 bits per heavy atom. The Morgan fingerprint density at radius 3 is 2.56 bits per heavy atom. The Balaban J connectivity index is 2.36. The van der Waals surface area contributed by atoms with Crippen LogP contribution >= 0.6 is 0 Å². The van der Waals surface area contributed by atoms with Gasteiger partial charge in [-0.05, 0) is 25.2 Å². The van der Waals surface area contributed by atoms with E-state index in [-0.39, 0.29) is 0 Å². The molecule has 4 nitrogen and oxygen atoms in total. The van der Waals surface area contributed by atoms with Crippen LogP contribution in [0.15, 0.2) is 0 Å². The molecule has 0 saturated carbocycles. The maximum Gasteiger partial charge on any atom is 0.309 e. The van der Waals surface area contributed by atoms with Crippen molar-refractivity contribution in [2.45, 2.75) is 33.1 Å². The summed E-state index contributed by atoms with van der Waals surface area (Å²) in [6, 6.07) is 0. The zero-order valence-corrected chi connectivity index (χ0v) is 10.2. The fourth-order valence-corrected chi connectivity index (χ4v) is 1.92. The van der Waals surface area contributed by atoms with Crippen LogP contribution in [0.25, 0.3) is 0 Å². The van der Waals surface area contributed by atoms with Crippen LogP contribution in [0.4, 0.5) is 0 Å². The molecule has 0 aromatic carbocycles. The van der Waals surface area contributed by atoms with Crippen molar-refractivity contribution in [3.8, 4) is 0 Å². The summed E-state index contributed by atoms with van der Waals surface area (Å²) in [6.45, 7) is 6.51. The molecule has 0 atom stereocenters. The van der Waals surface area contributed by atoms with Crippen molar-refractivity contribution < 1.29 is 19.4 Å². The fourth-order valence-electron chi connectivity index (χ4n) is 1.92. The van der Waals surface area contributed by atoms with Gasteiger partial charge in [-0.3, -0.25) is 4.79 Å². The van der Waals surface area contributed by atoms with E-state index in [2.05, 4.69) is 13.8 Å². The van der Waals surface area contributed by atoms with Gasteiger partial charge in [0.25, 0.3) is 0 Å². The highest BCUT2D eigenvalue weighted by Crippen LogP contribution is 2.34. The molecule has 1 N–H and O–H groups in total. The summed E-state index contributed by atoms with van der Waals surface area (Å²) in [4.78, 5) is 11.3. The van der Waals surface area contributed by atoms with E-state index in [1.165, 1.54) is 0 Å². The molecule has 1 aliphatic heterocycles. The fraction of sp³-hybridized carbons (Fsp3) is 0.917. The van der Waals surface area contributed by atoms with Gasteiger partial charge in [-0.25, -0.2) is 0 Å². The number of carboxylic acids is 1. The standard InChI is InChI=1S/C12H22O4/c1-10(2)9-16-8-5-12(11(13)14)3-6-15-7-4-12/h10H,3-9H2,1-2H3,(H,13,14). The molecule has 0 unspecified atom stereocenters. The van der Waals surface area contributed by atoms with E-state index in [9.17, 15) is 9.90 Å². The van der Waals surface area contributed by atoms with Crippen LogP contribution in [0.5, 0.6) is 0 Å². The summed E-state index contributed by atoms with van der Waals surface area (Å²) in [6.07, 6.45) is 1.80. The van der Waals surface area contributed by atoms with Crippen molar-refractivity contribution in [1.82, 2.24) is 0 Å². The zero-order chi connectivity index (χ0) is 12.0. The molecule has 1 rings (SSSR count). The van der Waals surface area contributed by atoms with Crippen molar-refractivity contribution in [3.05, 3.63) is 0 Å². The van der Waals surface area contributed by atoms with Crippen molar-refractivity contribution in [3.63, 3.8) is 0 Å². The SMILES string of the molecule is CC(C)COCCC1(C(=O)O)CCOCC1. The number of carbonyl (C=O) groups is 1. The first-order chi connectivity index (χ1) is 7.57. The lowest BCUT2D eigenvalue weighted by Crippen LogP contribution is -2.38. The molecule has 4 heteroatoms. The molecule has 0 aromatic heterocycles. The molecule has 1 fully saturated rings. The minimum absolute atomic E-state index is 0.496. The lowest BCUT2D eigenvalue weighted by molar-refractivity contribution is -0.156. The van der Waals surface area contributed by atoms with E-state index in [0.717, 1.165) is 0 Å². The smallest absolute Gasteiger partial charge is 0.309 e. The van der Waals surface area contributed by atoms with E-state index >= 15 is 0 Å². The van der Waals surface area contributed by atoms with Crippen LogP contribution < -0.4 is 0 Å². The molecular formula is C12H22O4. The number of ether oxygens (including phenoxy) is 2. The third-order valence-corrected chi connectivity index (χ3v) is 3.08. The molecular weight excluding hydrogens is 208 g/mol. The van der Waals surface area contributed by atoms with E-state index in [1.54, 1.807) is 0 Å². The van der Waals surface area contributed by atoms with Gasteiger partial charge in [-0.2, -0.15) is 0 Å². The molecule has 0 amide bonds. The Bertz CT molecular complexity index is 219. The second-order valence-corrected chi connectivity index (χ2v) is 4.92. The van der Waals surface area contributed by atoms with Crippen molar-refractivity contribution in [2.24, 2.45) is 11.3 Å². The number of carboxylic acid groups (broad SMARTS) is 1. The minimum atomic E-state index is -0.705. The number of aliphatic carboxylic acids is 1. The average Bonchev–Trinajstić information content (AvgIpc) is 2.25. The molecule has 16 heavy (non-hydrogen) atoms. The highest BCUT2D eigenvalue weighted by molar-refractivity contribution is 5.74. The Kier molecular flexibility index (Phi) is 5.22. The molecule has 1 saturated heterocycles. The molecule has 0 bridgehead atoms. The normalized spacial score (nSPS) is 19.9. The summed E-state index contributed by atoms with van der Waals surface area (Å²) in [5, 5.41) is 9.29. The van der Waals surface area contributed by atoms with E-state index in [0.29, 0.717) is 51.6 Å². The molecule has 0 radical (unpaired) electrons. The molecule has 0 spiro atoms. The predicted octanol–water partition coefficient (Wildman–Crippen LogP) is 1.93. The highest BCUT2D eigenvalue weighted by atomic mass is 16.5. The summed E-state index contributed by atoms with van der Waals surface area (Å²) in [5.41, 5.74) is -0.616. The quantitative estimate of drug-likeness (QED) is 0.708. The van der Waals surface area contributed by atoms with Crippen molar-refractivity contribution >= 4 is 5.97 Å². The summed E-state index contributed by atoms with van der Waals surface area (Å²) >= 11 is 0.